The van der Waals surface area contributed by atoms with Crippen molar-refractivity contribution < 1.29 is 49.6 Å². The molecular formula is C16H30O10. The molecule has 0 radical (unpaired) electrons. The highest BCUT2D eigenvalue weighted by atomic mass is 16.7. The van der Waals surface area contributed by atoms with Crippen LogP contribution in [0.4, 0.5) is 0 Å². The van der Waals surface area contributed by atoms with Crippen LogP contribution in [-0.4, -0.2) is 105 Å². The van der Waals surface area contributed by atoms with E-state index in [1.54, 1.807) is 20.8 Å². The Bertz CT molecular complexity index is 439. The summed E-state index contributed by atoms with van der Waals surface area (Å²) in [7, 11) is 0. The number of hydrogen-bond donors (Lipinski definition) is 6. The van der Waals surface area contributed by atoms with E-state index in [2.05, 4.69) is 0 Å². The Morgan fingerprint density at radius 2 is 1.42 bits per heavy atom. The molecule has 2 rings (SSSR count). The molecule has 6 N–H and O–H groups in total. The zero-order valence-electron chi connectivity index (χ0n) is 15.1. The summed E-state index contributed by atoms with van der Waals surface area (Å²) in [6.45, 7) is 4.23. The Morgan fingerprint density at radius 1 is 0.846 bits per heavy atom. The molecule has 154 valence electrons. The van der Waals surface area contributed by atoms with Gasteiger partial charge in [0.15, 0.2) is 12.6 Å². The maximum Gasteiger partial charge on any atom is 0.187 e. The number of aliphatic hydroxyl groups is 6. The Hall–Kier alpha value is -0.400. The number of ether oxygens (including phenoxy) is 4. The van der Waals surface area contributed by atoms with Crippen molar-refractivity contribution in [2.75, 3.05) is 13.2 Å². The molecule has 10 nitrogen and oxygen atoms in total. The van der Waals surface area contributed by atoms with Gasteiger partial charge in [-0.3, -0.25) is 0 Å². The van der Waals surface area contributed by atoms with E-state index >= 15 is 0 Å². The van der Waals surface area contributed by atoms with Crippen molar-refractivity contribution in [1.29, 1.82) is 0 Å². The van der Waals surface area contributed by atoms with E-state index in [9.17, 15) is 30.6 Å². The molecule has 0 aromatic rings. The molecule has 0 aromatic heterocycles. The summed E-state index contributed by atoms with van der Waals surface area (Å²) in [6, 6.07) is 0. The first-order valence-corrected chi connectivity index (χ1v) is 8.65. The zero-order chi connectivity index (χ0) is 19.6. The molecule has 0 saturated carbocycles. The zero-order valence-corrected chi connectivity index (χ0v) is 15.1. The lowest BCUT2D eigenvalue weighted by Crippen LogP contribution is -2.63. The van der Waals surface area contributed by atoms with Gasteiger partial charge in [-0.05, 0) is 20.8 Å². The van der Waals surface area contributed by atoms with Crippen LogP contribution in [0.1, 0.15) is 27.2 Å². The third-order valence-corrected chi connectivity index (χ3v) is 4.30. The molecule has 2 fully saturated rings. The van der Waals surface area contributed by atoms with E-state index in [4.69, 9.17) is 18.9 Å². The maximum absolute atomic E-state index is 10.4. The van der Waals surface area contributed by atoms with Gasteiger partial charge in [-0.15, -0.1) is 0 Å². The molecule has 2 aliphatic rings. The van der Waals surface area contributed by atoms with Crippen molar-refractivity contribution in [3.8, 4) is 0 Å². The SMILES string of the molecule is CC(C)(C)O[C@@H]1OC(CO)[C@@H](O[C@@H]2OC(CO)[C@H](O)CC2O)[C@H](O)C1O. The van der Waals surface area contributed by atoms with E-state index in [1.165, 1.54) is 0 Å². The van der Waals surface area contributed by atoms with E-state index in [-0.39, 0.29) is 6.42 Å². The average molecular weight is 382 g/mol. The van der Waals surface area contributed by atoms with Gasteiger partial charge in [0, 0.05) is 6.42 Å². The Balaban J connectivity index is 2.08. The average Bonchev–Trinajstić information content (AvgIpc) is 2.55. The number of hydrogen-bond acceptors (Lipinski definition) is 10. The van der Waals surface area contributed by atoms with Crippen LogP contribution in [0, 0.1) is 0 Å². The predicted molar refractivity (Wildman–Crippen MR) is 85.8 cm³/mol. The highest BCUT2D eigenvalue weighted by molar-refractivity contribution is 4.92. The van der Waals surface area contributed by atoms with Crippen LogP contribution in [0.2, 0.25) is 0 Å². The standard InChI is InChI=1S/C16H30O10/c1-16(2,3)26-15-12(22)11(21)13(10(6-18)24-15)25-14-8(20)4-7(19)9(5-17)23-14/h7-15,17-22H,4-6H2,1-3H3/t7-,8?,9?,10?,11-,12?,13-,14+,15+/m1/s1. The Morgan fingerprint density at radius 3 is 1.96 bits per heavy atom. The topological polar surface area (TPSA) is 158 Å². The molecule has 0 spiro atoms. The molecule has 4 unspecified atom stereocenters. The molecule has 10 heteroatoms. The second kappa shape index (κ2) is 8.74. The molecule has 2 aliphatic heterocycles. The summed E-state index contributed by atoms with van der Waals surface area (Å²) < 4.78 is 21.9. The predicted octanol–water partition coefficient (Wildman–Crippen LogP) is -2.55. The lowest BCUT2D eigenvalue weighted by Gasteiger charge is -2.46. The van der Waals surface area contributed by atoms with E-state index in [0.717, 1.165) is 0 Å². The fourth-order valence-corrected chi connectivity index (χ4v) is 2.97. The molecule has 26 heavy (non-hydrogen) atoms. The second-order valence-corrected chi connectivity index (χ2v) is 7.63. The first kappa shape index (κ1) is 21.9. The Labute approximate surface area is 151 Å². The molecule has 9 atom stereocenters. The van der Waals surface area contributed by atoms with Crippen molar-refractivity contribution in [3.63, 3.8) is 0 Å². The first-order chi connectivity index (χ1) is 12.1. The lowest BCUT2D eigenvalue weighted by atomic mass is 9.97. The molecule has 0 amide bonds. The molecule has 0 bridgehead atoms. The minimum absolute atomic E-state index is 0.0956. The van der Waals surface area contributed by atoms with Crippen molar-refractivity contribution in [2.45, 2.75) is 88.1 Å². The van der Waals surface area contributed by atoms with Crippen molar-refractivity contribution in [1.82, 2.24) is 0 Å². The molecule has 2 heterocycles. The third-order valence-electron chi connectivity index (χ3n) is 4.30. The summed E-state index contributed by atoms with van der Waals surface area (Å²) in [5.74, 6) is 0. The van der Waals surface area contributed by atoms with Crippen LogP contribution in [0.3, 0.4) is 0 Å². The minimum atomic E-state index is -1.48. The van der Waals surface area contributed by atoms with Gasteiger partial charge in [0.1, 0.15) is 36.6 Å². The van der Waals surface area contributed by atoms with Gasteiger partial charge >= 0.3 is 0 Å². The van der Waals surface area contributed by atoms with Gasteiger partial charge < -0.3 is 49.6 Å². The molecule has 2 saturated heterocycles. The van der Waals surface area contributed by atoms with Crippen LogP contribution in [0.25, 0.3) is 0 Å². The van der Waals surface area contributed by atoms with E-state index in [1.807, 2.05) is 0 Å². The van der Waals surface area contributed by atoms with Crippen molar-refractivity contribution in [3.05, 3.63) is 0 Å². The molecule has 0 aliphatic carbocycles. The smallest absolute Gasteiger partial charge is 0.187 e. The minimum Gasteiger partial charge on any atom is -0.394 e. The van der Waals surface area contributed by atoms with Crippen molar-refractivity contribution >= 4 is 0 Å². The van der Waals surface area contributed by atoms with E-state index < -0.39 is 74.1 Å². The first-order valence-electron chi connectivity index (χ1n) is 8.65. The fraction of sp³-hybridized carbons (Fsp3) is 1.00. The second-order valence-electron chi connectivity index (χ2n) is 7.63. The van der Waals surface area contributed by atoms with Gasteiger partial charge in [-0.25, -0.2) is 0 Å². The lowest BCUT2D eigenvalue weighted by molar-refractivity contribution is -0.358. The molecule has 0 aromatic carbocycles. The fourth-order valence-electron chi connectivity index (χ4n) is 2.97. The summed E-state index contributed by atoms with van der Waals surface area (Å²) in [4.78, 5) is 0. The van der Waals surface area contributed by atoms with Gasteiger partial charge in [-0.2, -0.15) is 0 Å². The van der Waals surface area contributed by atoms with Crippen LogP contribution in [0.5, 0.6) is 0 Å². The van der Waals surface area contributed by atoms with Crippen LogP contribution in [0.15, 0.2) is 0 Å². The highest BCUT2D eigenvalue weighted by Crippen LogP contribution is 2.30. The normalized spacial score (nSPS) is 44.9. The highest BCUT2D eigenvalue weighted by Gasteiger charge is 2.49. The van der Waals surface area contributed by atoms with Gasteiger partial charge in [0.05, 0.1) is 24.9 Å². The van der Waals surface area contributed by atoms with E-state index in [0.29, 0.717) is 0 Å². The summed E-state index contributed by atoms with van der Waals surface area (Å²) in [6.07, 6.45) is -11.0. The van der Waals surface area contributed by atoms with Gasteiger partial charge in [0.25, 0.3) is 0 Å². The quantitative estimate of drug-likeness (QED) is 0.299. The maximum atomic E-state index is 10.4. The van der Waals surface area contributed by atoms with Crippen molar-refractivity contribution in [2.24, 2.45) is 0 Å². The molecular weight excluding hydrogens is 352 g/mol. The van der Waals surface area contributed by atoms with Crippen LogP contribution >= 0.6 is 0 Å². The monoisotopic (exact) mass is 382 g/mol. The summed E-state index contributed by atoms with van der Waals surface area (Å²) >= 11 is 0. The Kier molecular flexibility index (Phi) is 7.36. The van der Waals surface area contributed by atoms with Gasteiger partial charge in [-0.1, -0.05) is 0 Å². The van der Waals surface area contributed by atoms with Crippen LogP contribution in [-0.2, 0) is 18.9 Å². The third kappa shape index (κ3) is 5.10. The summed E-state index contributed by atoms with van der Waals surface area (Å²) in [5.41, 5.74) is -0.660. The number of rotatable bonds is 5. The van der Waals surface area contributed by atoms with Crippen LogP contribution < -0.4 is 0 Å². The van der Waals surface area contributed by atoms with Gasteiger partial charge in [0.2, 0.25) is 0 Å². The number of aliphatic hydroxyl groups excluding tert-OH is 6. The largest absolute Gasteiger partial charge is 0.394 e. The summed E-state index contributed by atoms with van der Waals surface area (Å²) in [5, 5.41) is 59.2.